The van der Waals surface area contributed by atoms with Crippen molar-refractivity contribution in [3.8, 4) is 0 Å². The molecule has 1 aromatic rings. The van der Waals surface area contributed by atoms with Crippen LogP contribution in [0.4, 0.5) is 10.5 Å². The maximum atomic E-state index is 12.1. The molecule has 0 aromatic heterocycles. The number of rotatable bonds is 4. The summed E-state index contributed by atoms with van der Waals surface area (Å²) < 4.78 is 0. The lowest BCUT2D eigenvalue weighted by Gasteiger charge is -2.26. The molecule has 0 radical (unpaired) electrons. The molecule has 0 bridgehead atoms. The zero-order chi connectivity index (χ0) is 13.5. The monoisotopic (exact) mass is 261 g/mol. The number of likely N-dealkylation sites (tertiary alicyclic amines) is 1. The zero-order valence-corrected chi connectivity index (χ0v) is 11.6. The lowest BCUT2D eigenvalue weighted by atomic mass is 10.1. The van der Waals surface area contributed by atoms with E-state index in [1.54, 1.807) is 0 Å². The molecule has 19 heavy (non-hydrogen) atoms. The van der Waals surface area contributed by atoms with Gasteiger partial charge in [-0.3, -0.25) is 0 Å². The molecule has 1 fully saturated rings. The minimum absolute atomic E-state index is 0.0281. The van der Waals surface area contributed by atoms with Gasteiger partial charge in [0.2, 0.25) is 0 Å². The van der Waals surface area contributed by atoms with Gasteiger partial charge in [-0.15, -0.1) is 0 Å². The lowest BCUT2D eigenvalue weighted by Crippen LogP contribution is -2.38. The molecule has 0 unspecified atom stereocenters. The molecule has 4 heteroatoms. The van der Waals surface area contributed by atoms with Gasteiger partial charge in [-0.1, -0.05) is 19.1 Å². The largest absolute Gasteiger partial charge is 0.325 e. The van der Waals surface area contributed by atoms with E-state index in [9.17, 15) is 4.79 Å². The Balaban J connectivity index is 1.92. The Kier molecular flexibility index (Phi) is 5.21. The van der Waals surface area contributed by atoms with Gasteiger partial charge in [0.05, 0.1) is 0 Å². The van der Waals surface area contributed by atoms with Crippen LogP contribution in [0, 0.1) is 0 Å². The van der Waals surface area contributed by atoms with Crippen molar-refractivity contribution < 1.29 is 4.79 Å². The maximum absolute atomic E-state index is 12.1. The van der Waals surface area contributed by atoms with Gasteiger partial charge in [0.15, 0.2) is 0 Å². The van der Waals surface area contributed by atoms with Crippen LogP contribution in [0.1, 0.15) is 31.7 Å². The Labute approximate surface area is 115 Å². The maximum Gasteiger partial charge on any atom is 0.321 e. The summed E-state index contributed by atoms with van der Waals surface area (Å²) in [6, 6.07) is 8.06. The Bertz CT molecular complexity index is 414. The highest BCUT2D eigenvalue weighted by Gasteiger charge is 2.16. The molecule has 1 aliphatic rings. The summed E-state index contributed by atoms with van der Waals surface area (Å²) >= 11 is 0. The first-order valence-electron chi connectivity index (χ1n) is 7.15. The third-order valence-electron chi connectivity index (χ3n) is 3.40. The zero-order valence-electron chi connectivity index (χ0n) is 11.6. The SMILES string of the molecule is CCNCc1cccc(NC(=O)N2CCCCC2)c1. The normalized spacial score (nSPS) is 15.3. The number of hydrogen-bond donors (Lipinski definition) is 2. The topological polar surface area (TPSA) is 44.4 Å². The summed E-state index contributed by atoms with van der Waals surface area (Å²) in [6.07, 6.45) is 3.48. The Morgan fingerprint density at radius 2 is 2.05 bits per heavy atom. The predicted octanol–water partition coefficient (Wildman–Crippen LogP) is 2.81. The summed E-state index contributed by atoms with van der Waals surface area (Å²) in [5, 5.41) is 6.27. The van der Waals surface area contributed by atoms with E-state index in [0.29, 0.717) is 0 Å². The molecule has 104 valence electrons. The molecule has 2 amide bonds. The van der Waals surface area contributed by atoms with Gasteiger partial charge < -0.3 is 15.5 Å². The van der Waals surface area contributed by atoms with E-state index < -0.39 is 0 Å². The first-order chi connectivity index (χ1) is 9.29. The fourth-order valence-corrected chi connectivity index (χ4v) is 2.33. The third-order valence-corrected chi connectivity index (χ3v) is 3.40. The minimum Gasteiger partial charge on any atom is -0.325 e. The van der Waals surface area contributed by atoms with Gasteiger partial charge >= 0.3 is 6.03 Å². The number of carbonyl (C=O) groups excluding carboxylic acids is 1. The summed E-state index contributed by atoms with van der Waals surface area (Å²) in [7, 11) is 0. The van der Waals surface area contributed by atoms with Gasteiger partial charge in [-0.25, -0.2) is 4.79 Å². The van der Waals surface area contributed by atoms with E-state index in [2.05, 4.69) is 23.6 Å². The van der Waals surface area contributed by atoms with Crippen LogP contribution in [-0.2, 0) is 6.54 Å². The van der Waals surface area contributed by atoms with Gasteiger partial charge in [0.1, 0.15) is 0 Å². The smallest absolute Gasteiger partial charge is 0.321 e. The Morgan fingerprint density at radius 3 is 2.79 bits per heavy atom. The summed E-state index contributed by atoms with van der Waals surface area (Å²) in [5.74, 6) is 0. The second-order valence-corrected chi connectivity index (χ2v) is 4.96. The van der Waals surface area contributed by atoms with E-state index in [1.165, 1.54) is 12.0 Å². The molecule has 0 saturated carbocycles. The van der Waals surface area contributed by atoms with Gasteiger partial charge in [0, 0.05) is 25.3 Å². The van der Waals surface area contributed by atoms with E-state index in [1.807, 2.05) is 23.1 Å². The molecule has 2 rings (SSSR count). The number of hydrogen-bond acceptors (Lipinski definition) is 2. The molecule has 1 heterocycles. The number of anilines is 1. The van der Waals surface area contributed by atoms with Crippen LogP contribution in [0.15, 0.2) is 24.3 Å². The van der Waals surface area contributed by atoms with Crippen molar-refractivity contribution in [2.24, 2.45) is 0 Å². The number of nitrogens with one attached hydrogen (secondary N) is 2. The first-order valence-corrected chi connectivity index (χ1v) is 7.15. The molecule has 4 nitrogen and oxygen atoms in total. The fraction of sp³-hybridized carbons (Fsp3) is 0.533. The average Bonchev–Trinajstić information content (AvgIpc) is 2.46. The Morgan fingerprint density at radius 1 is 1.26 bits per heavy atom. The second-order valence-electron chi connectivity index (χ2n) is 4.96. The number of carbonyl (C=O) groups is 1. The van der Waals surface area contributed by atoms with Gasteiger partial charge in [-0.05, 0) is 43.5 Å². The molecule has 2 N–H and O–H groups in total. The minimum atomic E-state index is 0.0281. The number of urea groups is 1. The third kappa shape index (κ3) is 4.24. The van der Waals surface area contributed by atoms with Crippen molar-refractivity contribution in [2.75, 3.05) is 25.0 Å². The van der Waals surface area contributed by atoms with Crippen LogP contribution in [0.3, 0.4) is 0 Å². The van der Waals surface area contributed by atoms with Crippen LogP contribution >= 0.6 is 0 Å². The predicted molar refractivity (Wildman–Crippen MR) is 78.3 cm³/mol. The van der Waals surface area contributed by atoms with Gasteiger partial charge in [0.25, 0.3) is 0 Å². The quantitative estimate of drug-likeness (QED) is 0.875. The summed E-state index contributed by atoms with van der Waals surface area (Å²) in [4.78, 5) is 14.0. The number of nitrogens with zero attached hydrogens (tertiary/aromatic N) is 1. The van der Waals surface area contributed by atoms with Crippen LogP contribution < -0.4 is 10.6 Å². The molecule has 0 spiro atoms. The van der Waals surface area contributed by atoms with Crippen molar-refractivity contribution in [2.45, 2.75) is 32.7 Å². The second kappa shape index (κ2) is 7.14. The highest BCUT2D eigenvalue weighted by molar-refractivity contribution is 5.89. The summed E-state index contributed by atoms with van der Waals surface area (Å²) in [6.45, 7) is 5.63. The molecular weight excluding hydrogens is 238 g/mol. The molecule has 0 aliphatic carbocycles. The molecule has 0 atom stereocenters. The van der Waals surface area contributed by atoms with E-state index in [0.717, 1.165) is 44.7 Å². The van der Waals surface area contributed by atoms with E-state index >= 15 is 0 Å². The van der Waals surface area contributed by atoms with Crippen molar-refractivity contribution >= 4 is 11.7 Å². The van der Waals surface area contributed by atoms with Crippen LogP contribution in [-0.4, -0.2) is 30.6 Å². The van der Waals surface area contributed by atoms with E-state index in [-0.39, 0.29) is 6.03 Å². The van der Waals surface area contributed by atoms with Crippen molar-refractivity contribution in [3.63, 3.8) is 0 Å². The number of piperidine rings is 1. The summed E-state index contributed by atoms with van der Waals surface area (Å²) in [5.41, 5.74) is 2.07. The van der Waals surface area contributed by atoms with Crippen molar-refractivity contribution in [3.05, 3.63) is 29.8 Å². The highest BCUT2D eigenvalue weighted by Crippen LogP contribution is 2.14. The van der Waals surface area contributed by atoms with Crippen molar-refractivity contribution in [1.29, 1.82) is 0 Å². The van der Waals surface area contributed by atoms with Crippen LogP contribution in [0.25, 0.3) is 0 Å². The average molecular weight is 261 g/mol. The van der Waals surface area contributed by atoms with Crippen LogP contribution in [0.5, 0.6) is 0 Å². The first kappa shape index (κ1) is 13.9. The highest BCUT2D eigenvalue weighted by atomic mass is 16.2. The number of amides is 2. The van der Waals surface area contributed by atoms with Crippen molar-refractivity contribution in [1.82, 2.24) is 10.2 Å². The fourth-order valence-electron chi connectivity index (χ4n) is 2.33. The molecule has 1 saturated heterocycles. The molecule has 1 aromatic carbocycles. The lowest BCUT2D eigenvalue weighted by molar-refractivity contribution is 0.200. The molecule has 1 aliphatic heterocycles. The molecular formula is C15H23N3O. The number of benzene rings is 1. The van der Waals surface area contributed by atoms with Crippen LogP contribution in [0.2, 0.25) is 0 Å². The Hall–Kier alpha value is -1.55. The van der Waals surface area contributed by atoms with E-state index in [4.69, 9.17) is 0 Å². The standard InChI is InChI=1S/C15H23N3O/c1-2-16-12-13-7-6-8-14(11-13)17-15(19)18-9-4-3-5-10-18/h6-8,11,16H,2-5,9-10,12H2,1H3,(H,17,19). The van der Waals surface area contributed by atoms with Gasteiger partial charge in [-0.2, -0.15) is 0 Å².